The molecule has 2 aromatic carbocycles. The highest BCUT2D eigenvalue weighted by molar-refractivity contribution is 7.73. The van der Waals surface area contributed by atoms with E-state index in [0.29, 0.717) is 9.87 Å². The van der Waals surface area contributed by atoms with Crippen LogP contribution in [-0.2, 0) is 0 Å². The molecule has 0 aliphatic carbocycles. The van der Waals surface area contributed by atoms with E-state index in [4.69, 9.17) is 17.3 Å². The van der Waals surface area contributed by atoms with Gasteiger partial charge in [-0.1, -0.05) is 49.4 Å². The Morgan fingerprint density at radius 1 is 1.12 bits per heavy atom. The molecule has 6 heteroatoms. The fourth-order valence-corrected chi connectivity index (χ4v) is 3.47. The third-order valence-electron chi connectivity index (χ3n) is 3.73. The second-order valence-corrected chi connectivity index (χ2v) is 7.34. The van der Waals surface area contributed by atoms with Crippen LogP contribution in [0.15, 0.2) is 48.5 Å². The lowest BCUT2D eigenvalue weighted by Crippen LogP contribution is -1.99. The van der Waals surface area contributed by atoms with Gasteiger partial charge >= 0.3 is 5.97 Å². The molecule has 0 amide bonds. The van der Waals surface area contributed by atoms with Gasteiger partial charge in [-0.3, -0.25) is 0 Å². The number of benzene rings is 2. The smallest absolute Gasteiger partial charge is 0.335 e. The third kappa shape index (κ3) is 3.29. The van der Waals surface area contributed by atoms with Gasteiger partial charge in [0.2, 0.25) is 0 Å². The van der Waals surface area contributed by atoms with E-state index in [-0.39, 0.29) is 5.56 Å². The minimum atomic E-state index is -0.950. The molecular formula is C18H16N2O2S2. The van der Waals surface area contributed by atoms with Crippen LogP contribution in [0.5, 0.6) is 0 Å². The van der Waals surface area contributed by atoms with E-state index in [0.717, 1.165) is 16.3 Å². The molecule has 3 rings (SSSR count). The van der Waals surface area contributed by atoms with Crippen LogP contribution in [0.1, 0.15) is 35.7 Å². The van der Waals surface area contributed by atoms with Gasteiger partial charge in [0.25, 0.3) is 0 Å². The van der Waals surface area contributed by atoms with Gasteiger partial charge in [0.1, 0.15) is 5.01 Å². The molecule has 24 heavy (non-hydrogen) atoms. The number of aromatic nitrogens is 2. The van der Waals surface area contributed by atoms with Gasteiger partial charge in [0.15, 0.2) is 3.95 Å². The predicted molar refractivity (Wildman–Crippen MR) is 98.8 cm³/mol. The van der Waals surface area contributed by atoms with E-state index in [9.17, 15) is 4.79 Å². The summed E-state index contributed by atoms with van der Waals surface area (Å²) in [6.45, 7) is 4.32. The molecule has 1 heterocycles. The van der Waals surface area contributed by atoms with Crippen molar-refractivity contribution in [2.24, 2.45) is 0 Å². The maximum atomic E-state index is 10.9. The van der Waals surface area contributed by atoms with Crippen LogP contribution in [0.4, 0.5) is 0 Å². The zero-order chi connectivity index (χ0) is 17.3. The van der Waals surface area contributed by atoms with Crippen LogP contribution >= 0.6 is 23.6 Å². The zero-order valence-electron chi connectivity index (χ0n) is 13.3. The summed E-state index contributed by atoms with van der Waals surface area (Å²) in [5.74, 6) is -0.461. The molecule has 122 valence electrons. The van der Waals surface area contributed by atoms with Crippen molar-refractivity contribution in [3.8, 4) is 16.3 Å². The molecular weight excluding hydrogens is 340 g/mol. The molecule has 0 spiro atoms. The summed E-state index contributed by atoms with van der Waals surface area (Å²) >= 11 is 6.85. The van der Waals surface area contributed by atoms with Crippen molar-refractivity contribution < 1.29 is 9.90 Å². The molecule has 0 unspecified atom stereocenters. The highest BCUT2D eigenvalue weighted by Gasteiger charge is 2.10. The Bertz CT molecular complexity index is 923. The number of carboxylic acid groups (broad SMARTS) is 1. The maximum Gasteiger partial charge on any atom is 0.335 e. The number of hydrogen-bond donors (Lipinski definition) is 1. The van der Waals surface area contributed by atoms with Crippen LogP contribution in [0.3, 0.4) is 0 Å². The molecule has 0 radical (unpaired) electrons. The summed E-state index contributed by atoms with van der Waals surface area (Å²) in [4.78, 5) is 10.9. The number of nitrogens with zero attached hydrogens (tertiary/aromatic N) is 2. The number of aromatic carboxylic acids is 1. The Kier molecular flexibility index (Phi) is 4.59. The quantitative estimate of drug-likeness (QED) is 0.657. The average Bonchev–Trinajstić information content (AvgIpc) is 2.97. The molecule has 0 bridgehead atoms. The maximum absolute atomic E-state index is 10.9. The third-order valence-corrected chi connectivity index (χ3v) is 5.01. The molecule has 3 aromatic rings. The minimum Gasteiger partial charge on any atom is -0.478 e. The Morgan fingerprint density at radius 2 is 1.75 bits per heavy atom. The fraction of sp³-hybridized carbons (Fsp3) is 0.167. The van der Waals surface area contributed by atoms with Crippen molar-refractivity contribution in [2.45, 2.75) is 19.8 Å². The van der Waals surface area contributed by atoms with Crippen molar-refractivity contribution in [2.75, 3.05) is 0 Å². The number of carbonyl (C=O) groups is 1. The monoisotopic (exact) mass is 356 g/mol. The van der Waals surface area contributed by atoms with E-state index in [2.05, 4.69) is 43.2 Å². The van der Waals surface area contributed by atoms with Crippen molar-refractivity contribution in [3.63, 3.8) is 0 Å². The predicted octanol–water partition coefficient (Wildman–Crippen LogP) is 5.15. The average molecular weight is 356 g/mol. The summed E-state index contributed by atoms with van der Waals surface area (Å²) in [6.07, 6.45) is 0. The summed E-state index contributed by atoms with van der Waals surface area (Å²) in [5, 5.41) is 14.4. The van der Waals surface area contributed by atoms with Crippen LogP contribution < -0.4 is 0 Å². The highest BCUT2D eigenvalue weighted by atomic mass is 32.1. The van der Waals surface area contributed by atoms with E-state index in [1.54, 1.807) is 28.9 Å². The fourth-order valence-electron chi connectivity index (χ4n) is 2.31. The van der Waals surface area contributed by atoms with Gasteiger partial charge in [-0.15, -0.1) is 0 Å². The molecule has 0 fully saturated rings. The summed E-state index contributed by atoms with van der Waals surface area (Å²) in [5.41, 5.74) is 3.30. The normalized spacial score (nSPS) is 11.0. The van der Waals surface area contributed by atoms with Crippen molar-refractivity contribution in [3.05, 3.63) is 63.6 Å². The van der Waals surface area contributed by atoms with Gasteiger partial charge < -0.3 is 5.11 Å². The molecule has 1 aromatic heterocycles. The molecule has 4 nitrogen and oxygen atoms in total. The van der Waals surface area contributed by atoms with Crippen molar-refractivity contribution in [1.82, 2.24) is 9.78 Å². The molecule has 0 aliphatic heterocycles. The number of hydrogen-bond acceptors (Lipinski definition) is 4. The van der Waals surface area contributed by atoms with Gasteiger partial charge in [0, 0.05) is 5.56 Å². The van der Waals surface area contributed by atoms with Crippen LogP contribution in [0.2, 0.25) is 0 Å². The molecule has 0 atom stereocenters. The van der Waals surface area contributed by atoms with E-state index in [1.807, 2.05) is 0 Å². The summed E-state index contributed by atoms with van der Waals surface area (Å²) in [7, 11) is 0. The first-order valence-corrected chi connectivity index (χ1v) is 8.72. The standard InChI is InChI=1S/C18H16N2O2S2/c1-11(2)12-3-5-13(6-4-12)16-19-20(18(23)24-16)15-9-7-14(8-10-15)17(21)22/h3-11H,1-2H3,(H,21,22). The number of carboxylic acids is 1. The highest BCUT2D eigenvalue weighted by Crippen LogP contribution is 2.26. The Labute approximate surface area is 149 Å². The van der Waals surface area contributed by atoms with Gasteiger partial charge in [-0.2, -0.15) is 5.10 Å². The second-order valence-electron chi connectivity index (χ2n) is 5.71. The van der Waals surface area contributed by atoms with Gasteiger partial charge in [0.05, 0.1) is 11.3 Å². The summed E-state index contributed by atoms with van der Waals surface area (Å²) < 4.78 is 2.29. The van der Waals surface area contributed by atoms with Crippen LogP contribution in [-0.4, -0.2) is 20.9 Å². The van der Waals surface area contributed by atoms with Crippen molar-refractivity contribution in [1.29, 1.82) is 0 Å². The lowest BCUT2D eigenvalue weighted by atomic mass is 10.0. The largest absolute Gasteiger partial charge is 0.478 e. The van der Waals surface area contributed by atoms with Crippen molar-refractivity contribution >= 4 is 29.5 Å². The second kappa shape index (κ2) is 6.67. The first-order chi connectivity index (χ1) is 11.5. The van der Waals surface area contributed by atoms with E-state index < -0.39 is 5.97 Å². The zero-order valence-corrected chi connectivity index (χ0v) is 14.9. The van der Waals surface area contributed by atoms with Crippen LogP contribution in [0.25, 0.3) is 16.3 Å². The Morgan fingerprint density at radius 3 is 2.29 bits per heavy atom. The SMILES string of the molecule is CC(C)c1ccc(-c2nn(-c3ccc(C(=O)O)cc3)c(=S)s2)cc1. The molecule has 0 aliphatic rings. The first kappa shape index (κ1) is 16.5. The first-order valence-electron chi connectivity index (χ1n) is 7.50. The van der Waals surface area contributed by atoms with E-state index >= 15 is 0 Å². The molecule has 0 saturated heterocycles. The Hall–Kier alpha value is -2.31. The molecule has 1 N–H and O–H groups in total. The lowest BCUT2D eigenvalue weighted by molar-refractivity contribution is 0.0697. The van der Waals surface area contributed by atoms with E-state index in [1.165, 1.54) is 16.9 Å². The Balaban J connectivity index is 1.95. The lowest BCUT2D eigenvalue weighted by Gasteiger charge is -2.05. The topological polar surface area (TPSA) is 55.1 Å². The van der Waals surface area contributed by atoms with Gasteiger partial charge in [-0.05, 0) is 48.0 Å². The van der Waals surface area contributed by atoms with Gasteiger partial charge in [-0.25, -0.2) is 9.48 Å². The minimum absolute atomic E-state index is 0.241. The van der Waals surface area contributed by atoms with Crippen LogP contribution in [0, 0.1) is 3.95 Å². The number of rotatable bonds is 4. The summed E-state index contributed by atoms with van der Waals surface area (Å²) in [6, 6.07) is 14.9. The molecule has 0 saturated carbocycles.